The van der Waals surface area contributed by atoms with Crippen molar-refractivity contribution in [3.63, 3.8) is 0 Å². The van der Waals surface area contributed by atoms with Crippen LogP contribution in [0.2, 0.25) is 0 Å². The van der Waals surface area contributed by atoms with Gasteiger partial charge in [-0.25, -0.2) is 0 Å². The Labute approximate surface area is 118 Å². The summed E-state index contributed by atoms with van der Waals surface area (Å²) in [7, 11) is 3.75. The largest absolute Gasteiger partial charge is 0.302 e. The summed E-state index contributed by atoms with van der Waals surface area (Å²) in [6.07, 6.45) is 0. The Morgan fingerprint density at radius 2 is 1.45 bits per heavy atom. The minimum Gasteiger partial charge on any atom is -0.302 e. The van der Waals surface area contributed by atoms with Crippen LogP contribution in [-0.4, -0.2) is 31.3 Å². The van der Waals surface area contributed by atoms with Crippen LogP contribution in [0.15, 0.2) is 64.8 Å². The SMILES string of the molecule is CN(C)CC(=O)c1ccc(N=Nc2ccccc2)cc1. The summed E-state index contributed by atoms with van der Waals surface area (Å²) in [5, 5.41) is 8.27. The monoisotopic (exact) mass is 267 g/mol. The lowest BCUT2D eigenvalue weighted by atomic mass is 10.1. The number of azo groups is 1. The number of ketones is 1. The first-order chi connectivity index (χ1) is 9.65. The van der Waals surface area contributed by atoms with E-state index in [0.717, 1.165) is 11.4 Å². The van der Waals surface area contributed by atoms with Crippen molar-refractivity contribution in [2.75, 3.05) is 20.6 Å². The van der Waals surface area contributed by atoms with Crippen molar-refractivity contribution in [3.05, 3.63) is 60.2 Å². The molecule has 0 aliphatic heterocycles. The zero-order chi connectivity index (χ0) is 14.4. The highest BCUT2D eigenvalue weighted by atomic mass is 16.1. The van der Waals surface area contributed by atoms with E-state index >= 15 is 0 Å². The first-order valence-electron chi connectivity index (χ1n) is 6.40. The molecule has 2 aromatic carbocycles. The van der Waals surface area contributed by atoms with E-state index in [9.17, 15) is 4.79 Å². The maximum atomic E-state index is 11.9. The number of nitrogens with zero attached hydrogens (tertiary/aromatic N) is 3. The highest BCUT2D eigenvalue weighted by Gasteiger charge is 2.06. The van der Waals surface area contributed by atoms with Gasteiger partial charge in [0.25, 0.3) is 0 Å². The number of Topliss-reactive ketones (excluding diaryl/α,β-unsaturated/α-hetero) is 1. The van der Waals surface area contributed by atoms with Gasteiger partial charge in [0.15, 0.2) is 5.78 Å². The number of carbonyl (C=O) groups is 1. The fourth-order valence-corrected chi connectivity index (χ4v) is 1.70. The molecule has 0 atom stereocenters. The number of rotatable bonds is 5. The predicted molar refractivity (Wildman–Crippen MR) is 79.9 cm³/mol. The summed E-state index contributed by atoms with van der Waals surface area (Å²) in [5.74, 6) is 0.0987. The van der Waals surface area contributed by atoms with Gasteiger partial charge in [0.1, 0.15) is 0 Å². The molecule has 2 aromatic rings. The molecule has 0 aromatic heterocycles. The minimum absolute atomic E-state index is 0.0987. The maximum absolute atomic E-state index is 11.9. The number of benzene rings is 2. The molecule has 102 valence electrons. The van der Waals surface area contributed by atoms with Crippen LogP contribution < -0.4 is 0 Å². The zero-order valence-electron chi connectivity index (χ0n) is 11.7. The van der Waals surface area contributed by atoms with E-state index in [2.05, 4.69) is 10.2 Å². The van der Waals surface area contributed by atoms with Crippen LogP contribution in [0.1, 0.15) is 10.4 Å². The average molecular weight is 267 g/mol. The molecule has 0 unspecified atom stereocenters. The zero-order valence-corrected chi connectivity index (χ0v) is 11.7. The molecule has 0 saturated heterocycles. The summed E-state index contributed by atoms with van der Waals surface area (Å²) < 4.78 is 0. The fourth-order valence-electron chi connectivity index (χ4n) is 1.70. The van der Waals surface area contributed by atoms with E-state index in [1.165, 1.54) is 0 Å². The molecule has 0 spiro atoms. The van der Waals surface area contributed by atoms with Crippen LogP contribution in [0.5, 0.6) is 0 Å². The van der Waals surface area contributed by atoms with Gasteiger partial charge in [-0.2, -0.15) is 10.2 Å². The van der Waals surface area contributed by atoms with E-state index < -0.39 is 0 Å². The van der Waals surface area contributed by atoms with Crippen molar-refractivity contribution in [2.24, 2.45) is 10.2 Å². The van der Waals surface area contributed by atoms with Crippen LogP contribution in [-0.2, 0) is 0 Å². The highest BCUT2D eigenvalue weighted by Crippen LogP contribution is 2.18. The molecular weight excluding hydrogens is 250 g/mol. The molecule has 0 N–H and O–H groups in total. The standard InChI is InChI=1S/C16H17N3O/c1-19(2)12-16(20)13-8-10-15(11-9-13)18-17-14-6-4-3-5-7-14/h3-11H,12H2,1-2H3. The van der Waals surface area contributed by atoms with Crippen molar-refractivity contribution < 1.29 is 4.79 Å². The molecule has 0 fully saturated rings. The predicted octanol–water partition coefficient (Wildman–Crippen LogP) is 3.85. The third-order valence-electron chi connectivity index (χ3n) is 2.69. The second-order valence-corrected chi connectivity index (χ2v) is 4.74. The molecular formula is C16H17N3O. The quantitative estimate of drug-likeness (QED) is 0.610. The van der Waals surface area contributed by atoms with Gasteiger partial charge >= 0.3 is 0 Å². The van der Waals surface area contributed by atoms with Gasteiger partial charge in [0.05, 0.1) is 17.9 Å². The third-order valence-corrected chi connectivity index (χ3v) is 2.69. The van der Waals surface area contributed by atoms with Crippen molar-refractivity contribution in [1.29, 1.82) is 0 Å². The maximum Gasteiger partial charge on any atom is 0.176 e. The average Bonchev–Trinajstić information content (AvgIpc) is 2.46. The Morgan fingerprint density at radius 3 is 2.00 bits per heavy atom. The third kappa shape index (κ3) is 4.10. The summed E-state index contributed by atoms with van der Waals surface area (Å²) in [5.41, 5.74) is 2.23. The molecule has 20 heavy (non-hydrogen) atoms. The smallest absolute Gasteiger partial charge is 0.176 e. The number of likely N-dealkylation sites (N-methyl/N-ethyl adjacent to an activating group) is 1. The summed E-state index contributed by atoms with van der Waals surface area (Å²) in [6, 6.07) is 16.7. The Kier molecular flexibility index (Phi) is 4.74. The van der Waals surface area contributed by atoms with E-state index in [1.807, 2.05) is 49.3 Å². The van der Waals surface area contributed by atoms with E-state index in [0.29, 0.717) is 12.1 Å². The molecule has 0 saturated carbocycles. The van der Waals surface area contributed by atoms with Gasteiger partial charge in [0, 0.05) is 5.56 Å². The van der Waals surface area contributed by atoms with E-state index in [4.69, 9.17) is 0 Å². The van der Waals surface area contributed by atoms with E-state index in [-0.39, 0.29) is 5.78 Å². The molecule has 0 amide bonds. The van der Waals surface area contributed by atoms with Gasteiger partial charge in [-0.3, -0.25) is 4.79 Å². The number of hydrogen-bond acceptors (Lipinski definition) is 4. The number of carbonyl (C=O) groups excluding carboxylic acids is 1. The van der Waals surface area contributed by atoms with Gasteiger partial charge in [-0.15, -0.1) is 0 Å². The lowest BCUT2D eigenvalue weighted by Crippen LogP contribution is -2.21. The lowest BCUT2D eigenvalue weighted by molar-refractivity contribution is 0.0958. The normalized spacial score (nSPS) is 11.2. The van der Waals surface area contributed by atoms with Crippen molar-refractivity contribution in [1.82, 2.24) is 4.90 Å². The summed E-state index contributed by atoms with van der Waals surface area (Å²) in [6.45, 7) is 0.408. The van der Waals surface area contributed by atoms with Crippen LogP contribution in [0, 0.1) is 0 Å². The van der Waals surface area contributed by atoms with Gasteiger partial charge < -0.3 is 4.90 Å². The first-order valence-corrected chi connectivity index (χ1v) is 6.40. The Morgan fingerprint density at radius 1 is 0.900 bits per heavy atom. The second kappa shape index (κ2) is 6.73. The van der Waals surface area contributed by atoms with Crippen molar-refractivity contribution >= 4 is 17.2 Å². The minimum atomic E-state index is 0.0987. The molecule has 4 heteroatoms. The van der Waals surface area contributed by atoms with Crippen LogP contribution in [0.25, 0.3) is 0 Å². The highest BCUT2D eigenvalue weighted by molar-refractivity contribution is 5.97. The van der Waals surface area contributed by atoms with Crippen LogP contribution in [0.4, 0.5) is 11.4 Å². The molecule has 2 rings (SSSR count). The Balaban J connectivity index is 2.05. The van der Waals surface area contributed by atoms with Gasteiger partial charge in [0.2, 0.25) is 0 Å². The van der Waals surface area contributed by atoms with Gasteiger partial charge in [-0.1, -0.05) is 18.2 Å². The number of hydrogen-bond donors (Lipinski definition) is 0. The summed E-state index contributed by atoms with van der Waals surface area (Å²) in [4.78, 5) is 13.7. The molecule has 0 bridgehead atoms. The van der Waals surface area contributed by atoms with Crippen LogP contribution >= 0.6 is 0 Å². The molecule has 0 aliphatic carbocycles. The topological polar surface area (TPSA) is 45.0 Å². The molecule has 0 radical (unpaired) electrons. The first kappa shape index (κ1) is 14.1. The Hall–Kier alpha value is -2.33. The second-order valence-electron chi connectivity index (χ2n) is 4.74. The molecule has 4 nitrogen and oxygen atoms in total. The van der Waals surface area contributed by atoms with E-state index in [1.54, 1.807) is 24.3 Å². The van der Waals surface area contributed by atoms with Crippen LogP contribution in [0.3, 0.4) is 0 Å². The fraction of sp³-hybridized carbons (Fsp3) is 0.188. The van der Waals surface area contributed by atoms with Crippen molar-refractivity contribution in [2.45, 2.75) is 0 Å². The molecule has 0 heterocycles. The lowest BCUT2D eigenvalue weighted by Gasteiger charge is -2.07. The Bertz CT molecular complexity index is 589. The molecule has 0 aliphatic rings. The summed E-state index contributed by atoms with van der Waals surface area (Å²) >= 11 is 0. The van der Waals surface area contributed by atoms with Gasteiger partial charge in [-0.05, 0) is 50.5 Å². The van der Waals surface area contributed by atoms with Crippen molar-refractivity contribution in [3.8, 4) is 0 Å².